The largest absolute Gasteiger partial charge is 0.480 e. The number of nitrogens with two attached hydrogens (primary N) is 1. The van der Waals surface area contributed by atoms with Crippen LogP contribution in [0.3, 0.4) is 0 Å². The molecule has 3 N–H and O–H groups in total. The lowest BCUT2D eigenvalue weighted by molar-refractivity contribution is -0.142. The highest BCUT2D eigenvalue weighted by Gasteiger charge is 2.37. The summed E-state index contributed by atoms with van der Waals surface area (Å²) in [5.41, 5.74) is 5.46. The van der Waals surface area contributed by atoms with Gasteiger partial charge >= 0.3 is 5.97 Å². The summed E-state index contributed by atoms with van der Waals surface area (Å²) in [7, 11) is 0. The van der Waals surface area contributed by atoms with Gasteiger partial charge in [0, 0.05) is 0 Å². The van der Waals surface area contributed by atoms with Crippen molar-refractivity contribution < 1.29 is 9.90 Å². The van der Waals surface area contributed by atoms with Gasteiger partial charge in [0.15, 0.2) is 0 Å². The first-order chi connectivity index (χ1) is 5.56. The third-order valence-electron chi connectivity index (χ3n) is 3.01. The zero-order valence-electron chi connectivity index (χ0n) is 7.55. The monoisotopic (exact) mass is 171 g/mol. The summed E-state index contributed by atoms with van der Waals surface area (Å²) in [4.78, 5) is 10.7. The van der Waals surface area contributed by atoms with Crippen LogP contribution in [0, 0.1) is 5.41 Å². The van der Waals surface area contributed by atoms with Gasteiger partial charge < -0.3 is 10.8 Å². The lowest BCUT2D eigenvalue weighted by atomic mass is 9.71. The van der Waals surface area contributed by atoms with Crippen molar-refractivity contribution in [3.63, 3.8) is 0 Å². The Hall–Kier alpha value is -0.570. The van der Waals surface area contributed by atoms with Crippen LogP contribution >= 0.6 is 0 Å². The van der Waals surface area contributed by atoms with Crippen LogP contribution in [0.4, 0.5) is 0 Å². The highest BCUT2D eigenvalue weighted by molar-refractivity contribution is 5.74. The van der Waals surface area contributed by atoms with Crippen molar-refractivity contribution in [3.8, 4) is 0 Å². The summed E-state index contributed by atoms with van der Waals surface area (Å²) >= 11 is 0. The molecule has 1 aliphatic carbocycles. The van der Waals surface area contributed by atoms with Crippen molar-refractivity contribution in [3.05, 3.63) is 0 Å². The van der Waals surface area contributed by atoms with Crippen LogP contribution in [0.1, 0.15) is 39.0 Å². The normalized spacial score (nSPS) is 24.8. The smallest absolute Gasteiger partial charge is 0.321 e. The van der Waals surface area contributed by atoms with Crippen LogP contribution in [-0.2, 0) is 4.79 Å². The average Bonchev–Trinajstić information content (AvgIpc) is 2.04. The Morgan fingerprint density at radius 1 is 1.42 bits per heavy atom. The number of carbonyl (C=O) groups is 1. The fourth-order valence-corrected chi connectivity index (χ4v) is 1.97. The summed E-state index contributed by atoms with van der Waals surface area (Å²) in [6.45, 7) is 1.99. The van der Waals surface area contributed by atoms with Gasteiger partial charge in [-0.2, -0.15) is 0 Å². The molecule has 1 saturated carbocycles. The van der Waals surface area contributed by atoms with E-state index in [1.54, 1.807) is 0 Å². The van der Waals surface area contributed by atoms with Crippen molar-refractivity contribution >= 4 is 5.97 Å². The Morgan fingerprint density at radius 2 is 1.92 bits per heavy atom. The third-order valence-corrected chi connectivity index (χ3v) is 3.01. The predicted molar refractivity (Wildman–Crippen MR) is 46.8 cm³/mol. The highest BCUT2D eigenvalue weighted by atomic mass is 16.4. The Balaban J connectivity index is 2.62. The van der Waals surface area contributed by atoms with E-state index in [9.17, 15) is 4.79 Å². The molecule has 0 radical (unpaired) electrons. The molecule has 0 aliphatic heterocycles. The molecular weight excluding hydrogens is 154 g/mol. The number of carboxylic acids is 1. The average molecular weight is 171 g/mol. The van der Waals surface area contributed by atoms with E-state index >= 15 is 0 Å². The van der Waals surface area contributed by atoms with Crippen molar-refractivity contribution in [2.75, 3.05) is 0 Å². The summed E-state index contributed by atoms with van der Waals surface area (Å²) in [6, 6.07) is -0.683. The second-order valence-corrected chi connectivity index (χ2v) is 4.03. The van der Waals surface area contributed by atoms with E-state index in [2.05, 4.69) is 0 Å². The van der Waals surface area contributed by atoms with Gasteiger partial charge in [0.05, 0.1) is 0 Å². The Morgan fingerprint density at radius 3 is 2.33 bits per heavy atom. The van der Waals surface area contributed by atoms with Crippen LogP contribution in [0.25, 0.3) is 0 Å². The zero-order chi connectivity index (χ0) is 9.19. The number of aliphatic carboxylic acids is 1. The molecule has 0 heterocycles. The third kappa shape index (κ3) is 1.78. The number of carboxylic acid groups (broad SMARTS) is 1. The molecule has 3 heteroatoms. The lowest BCUT2D eigenvalue weighted by Gasteiger charge is -2.36. The van der Waals surface area contributed by atoms with E-state index in [4.69, 9.17) is 10.8 Å². The summed E-state index contributed by atoms with van der Waals surface area (Å²) in [5, 5.41) is 8.77. The van der Waals surface area contributed by atoms with Gasteiger partial charge in [0.1, 0.15) is 6.04 Å². The van der Waals surface area contributed by atoms with E-state index in [1.807, 2.05) is 6.92 Å². The lowest BCUT2D eigenvalue weighted by Crippen LogP contribution is -2.46. The maximum Gasteiger partial charge on any atom is 0.321 e. The van der Waals surface area contributed by atoms with Crippen molar-refractivity contribution in [1.82, 2.24) is 0 Å². The molecule has 0 aromatic carbocycles. The molecule has 0 unspecified atom stereocenters. The van der Waals surface area contributed by atoms with E-state index in [0.717, 1.165) is 25.7 Å². The van der Waals surface area contributed by atoms with Gasteiger partial charge in [-0.05, 0) is 18.3 Å². The van der Waals surface area contributed by atoms with Gasteiger partial charge in [0.25, 0.3) is 0 Å². The molecule has 0 saturated heterocycles. The Labute approximate surface area is 72.9 Å². The fraction of sp³-hybridized carbons (Fsp3) is 0.889. The minimum atomic E-state index is -0.862. The zero-order valence-corrected chi connectivity index (χ0v) is 7.55. The second kappa shape index (κ2) is 3.44. The Kier molecular flexibility index (Phi) is 2.73. The van der Waals surface area contributed by atoms with Gasteiger partial charge in [-0.15, -0.1) is 0 Å². The molecule has 0 amide bonds. The van der Waals surface area contributed by atoms with Crippen LogP contribution in [0.2, 0.25) is 0 Å². The van der Waals surface area contributed by atoms with Gasteiger partial charge in [-0.3, -0.25) is 4.79 Å². The predicted octanol–water partition coefficient (Wildman–Crippen LogP) is 1.37. The molecule has 1 rings (SSSR count). The maximum absolute atomic E-state index is 10.7. The maximum atomic E-state index is 10.7. The molecule has 12 heavy (non-hydrogen) atoms. The van der Waals surface area contributed by atoms with E-state index in [1.165, 1.54) is 6.42 Å². The molecule has 1 fully saturated rings. The minimum absolute atomic E-state index is 0.163. The summed E-state index contributed by atoms with van der Waals surface area (Å²) in [5.74, 6) is -0.862. The van der Waals surface area contributed by atoms with Gasteiger partial charge in [0.2, 0.25) is 0 Å². The van der Waals surface area contributed by atoms with Crippen molar-refractivity contribution in [2.24, 2.45) is 11.1 Å². The van der Waals surface area contributed by atoms with Crippen LogP contribution < -0.4 is 5.73 Å². The molecule has 70 valence electrons. The van der Waals surface area contributed by atoms with Crippen molar-refractivity contribution in [1.29, 1.82) is 0 Å². The molecule has 1 aliphatic rings. The quantitative estimate of drug-likeness (QED) is 0.659. The molecular formula is C9H17NO2. The number of rotatable bonds is 2. The molecule has 0 aromatic rings. The minimum Gasteiger partial charge on any atom is -0.480 e. The van der Waals surface area contributed by atoms with E-state index in [-0.39, 0.29) is 5.41 Å². The standard InChI is InChI=1S/C9H17NO2/c1-9(7(10)8(11)12)5-3-2-4-6-9/h7H,2-6,10H2,1H3,(H,11,12)/t7-/m1/s1. The first-order valence-corrected chi connectivity index (χ1v) is 4.55. The van der Waals surface area contributed by atoms with Crippen LogP contribution in [0.15, 0.2) is 0 Å². The number of hydrogen-bond acceptors (Lipinski definition) is 2. The fourth-order valence-electron chi connectivity index (χ4n) is 1.97. The van der Waals surface area contributed by atoms with Crippen LogP contribution in [0.5, 0.6) is 0 Å². The second-order valence-electron chi connectivity index (χ2n) is 4.03. The van der Waals surface area contributed by atoms with E-state index in [0.29, 0.717) is 0 Å². The van der Waals surface area contributed by atoms with Gasteiger partial charge in [-0.1, -0.05) is 26.2 Å². The van der Waals surface area contributed by atoms with Crippen LogP contribution in [-0.4, -0.2) is 17.1 Å². The summed E-state index contributed by atoms with van der Waals surface area (Å²) < 4.78 is 0. The molecule has 0 spiro atoms. The van der Waals surface area contributed by atoms with E-state index < -0.39 is 12.0 Å². The molecule has 1 atom stereocenters. The Bertz CT molecular complexity index is 173. The highest BCUT2D eigenvalue weighted by Crippen LogP contribution is 2.37. The first kappa shape index (κ1) is 9.52. The van der Waals surface area contributed by atoms with Gasteiger partial charge in [-0.25, -0.2) is 0 Å². The number of hydrogen-bond donors (Lipinski definition) is 2. The van der Waals surface area contributed by atoms with Crippen molar-refractivity contribution in [2.45, 2.75) is 45.1 Å². The SMILES string of the molecule is CC1([C@H](N)C(=O)O)CCCCC1. The molecule has 0 aromatic heterocycles. The summed E-state index contributed by atoms with van der Waals surface area (Å²) in [6.07, 6.45) is 5.39. The first-order valence-electron chi connectivity index (χ1n) is 4.55. The molecule has 0 bridgehead atoms. The topological polar surface area (TPSA) is 63.3 Å². The molecule has 3 nitrogen and oxygen atoms in total.